The number of hydrogen-bond donors (Lipinski definition) is 1. The van der Waals surface area contributed by atoms with E-state index in [9.17, 15) is 9.50 Å². The van der Waals surface area contributed by atoms with Crippen LogP contribution in [0.1, 0.15) is 5.89 Å². The van der Waals surface area contributed by atoms with Crippen LogP contribution in [0.25, 0.3) is 11.1 Å². The standard InChI is InChI=1S/C16H22FN3O3/c17-13-1-2-15-14(11-13)18-16(23-15)12-20(5-8-21)4-3-19-6-9-22-10-7-19/h1-2,11,21H,3-10,12H2. The minimum absolute atomic E-state index is 0.0813. The van der Waals surface area contributed by atoms with Crippen LogP contribution < -0.4 is 0 Å². The van der Waals surface area contributed by atoms with Crippen molar-refractivity contribution >= 4 is 11.1 Å². The zero-order valence-electron chi connectivity index (χ0n) is 13.1. The van der Waals surface area contributed by atoms with Gasteiger partial charge >= 0.3 is 0 Å². The van der Waals surface area contributed by atoms with Crippen LogP contribution in [0.3, 0.4) is 0 Å². The highest BCUT2D eigenvalue weighted by molar-refractivity contribution is 5.72. The molecule has 0 spiro atoms. The Kier molecular flexibility index (Phi) is 5.56. The largest absolute Gasteiger partial charge is 0.439 e. The SMILES string of the molecule is OCCN(CCN1CCOCC1)Cc1nc2cc(F)ccc2o1. The van der Waals surface area contributed by atoms with Crippen LogP contribution in [0.15, 0.2) is 22.6 Å². The molecule has 126 valence electrons. The van der Waals surface area contributed by atoms with Crippen molar-refractivity contribution in [1.82, 2.24) is 14.8 Å². The number of aliphatic hydroxyl groups excluding tert-OH is 1. The molecule has 0 amide bonds. The van der Waals surface area contributed by atoms with Gasteiger partial charge in [0.15, 0.2) is 5.58 Å². The highest BCUT2D eigenvalue weighted by atomic mass is 19.1. The van der Waals surface area contributed by atoms with E-state index in [0.29, 0.717) is 30.1 Å². The van der Waals surface area contributed by atoms with Gasteiger partial charge in [0.1, 0.15) is 11.3 Å². The lowest BCUT2D eigenvalue weighted by Gasteiger charge is -2.29. The predicted molar refractivity (Wildman–Crippen MR) is 83.6 cm³/mol. The molecule has 1 aliphatic heterocycles. The fourth-order valence-electron chi connectivity index (χ4n) is 2.73. The van der Waals surface area contributed by atoms with Gasteiger partial charge in [-0.05, 0) is 12.1 Å². The first-order chi connectivity index (χ1) is 11.2. The molecule has 6 nitrogen and oxygen atoms in total. The van der Waals surface area contributed by atoms with Crippen molar-refractivity contribution in [2.45, 2.75) is 6.54 Å². The van der Waals surface area contributed by atoms with Crippen molar-refractivity contribution in [3.63, 3.8) is 0 Å². The monoisotopic (exact) mass is 323 g/mol. The van der Waals surface area contributed by atoms with Crippen LogP contribution >= 0.6 is 0 Å². The van der Waals surface area contributed by atoms with E-state index in [0.717, 1.165) is 39.4 Å². The van der Waals surface area contributed by atoms with Crippen molar-refractivity contribution < 1.29 is 18.7 Å². The first kappa shape index (κ1) is 16.3. The van der Waals surface area contributed by atoms with Gasteiger partial charge in [-0.25, -0.2) is 9.37 Å². The maximum absolute atomic E-state index is 13.2. The molecule has 0 aliphatic carbocycles. The zero-order valence-corrected chi connectivity index (χ0v) is 13.1. The van der Waals surface area contributed by atoms with Crippen LogP contribution in [0.4, 0.5) is 4.39 Å². The Bertz CT molecular complexity index is 628. The number of morpholine rings is 1. The fraction of sp³-hybridized carbons (Fsp3) is 0.562. The van der Waals surface area contributed by atoms with Gasteiger partial charge in [0.2, 0.25) is 5.89 Å². The summed E-state index contributed by atoms with van der Waals surface area (Å²) in [6.45, 7) is 6.29. The number of oxazole rings is 1. The minimum atomic E-state index is -0.322. The molecule has 2 heterocycles. The topological polar surface area (TPSA) is 62.0 Å². The van der Waals surface area contributed by atoms with Crippen molar-refractivity contribution in [1.29, 1.82) is 0 Å². The number of hydrogen-bond acceptors (Lipinski definition) is 6. The van der Waals surface area contributed by atoms with Crippen molar-refractivity contribution in [3.8, 4) is 0 Å². The van der Waals surface area contributed by atoms with Crippen LogP contribution in [-0.4, -0.2) is 72.4 Å². The molecule has 3 rings (SSSR count). The molecule has 1 aromatic carbocycles. The number of ether oxygens (including phenoxy) is 1. The summed E-state index contributed by atoms with van der Waals surface area (Å²) in [5, 5.41) is 9.25. The average molecular weight is 323 g/mol. The summed E-state index contributed by atoms with van der Waals surface area (Å²) in [6.07, 6.45) is 0. The Morgan fingerprint density at radius 3 is 2.87 bits per heavy atom. The van der Waals surface area contributed by atoms with Gasteiger partial charge in [0.05, 0.1) is 26.4 Å². The van der Waals surface area contributed by atoms with Gasteiger partial charge in [-0.2, -0.15) is 0 Å². The van der Waals surface area contributed by atoms with Gasteiger partial charge in [-0.3, -0.25) is 9.80 Å². The lowest BCUT2D eigenvalue weighted by molar-refractivity contribution is 0.0315. The average Bonchev–Trinajstić information content (AvgIpc) is 2.95. The van der Waals surface area contributed by atoms with E-state index in [1.54, 1.807) is 6.07 Å². The molecule has 1 aliphatic rings. The third kappa shape index (κ3) is 4.48. The third-order valence-electron chi connectivity index (χ3n) is 4.01. The van der Waals surface area contributed by atoms with Gasteiger partial charge in [0, 0.05) is 38.8 Å². The van der Waals surface area contributed by atoms with Crippen molar-refractivity contribution in [3.05, 3.63) is 29.9 Å². The summed E-state index contributed by atoms with van der Waals surface area (Å²) in [7, 11) is 0. The first-order valence-corrected chi connectivity index (χ1v) is 7.93. The lowest BCUT2D eigenvalue weighted by Crippen LogP contribution is -2.41. The van der Waals surface area contributed by atoms with Crippen LogP contribution in [-0.2, 0) is 11.3 Å². The highest BCUT2D eigenvalue weighted by Crippen LogP contribution is 2.17. The molecule has 0 saturated carbocycles. The Morgan fingerprint density at radius 1 is 1.26 bits per heavy atom. The molecule has 2 aromatic rings. The molecular weight excluding hydrogens is 301 g/mol. The Labute approximate surface area is 134 Å². The zero-order chi connectivity index (χ0) is 16.1. The lowest BCUT2D eigenvalue weighted by atomic mass is 10.3. The number of aromatic nitrogens is 1. The Hall–Kier alpha value is -1.54. The van der Waals surface area contributed by atoms with Crippen LogP contribution in [0.5, 0.6) is 0 Å². The molecule has 1 fully saturated rings. The summed E-state index contributed by atoms with van der Waals surface area (Å²) in [5.74, 6) is 0.220. The first-order valence-electron chi connectivity index (χ1n) is 7.93. The Balaban J connectivity index is 1.60. The molecule has 0 unspecified atom stereocenters. The summed E-state index contributed by atoms with van der Waals surface area (Å²) < 4.78 is 24.2. The number of nitrogens with zero attached hydrogens (tertiary/aromatic N) is 3. The molecule has 1 N–H and O–H groups in total. The van der Waals surface area contributed by atoms with Gasteiger partial charge < -0.3 is 14.3 Å². The highest BCUT2D eigenvalue weighted by Gasteiger charge is 2.15. The minimum Gasteiger partial charge on any atom is -0.439 e. The second kappa shape index (κ2) is 7.83. The second-order valence-corrected chi connectivity index (χ2v) is 5.67. The molecule has 1 saturated heterocycles. The van der Waals surface area contributed by atoms with E-state index in [1.165, 1.54) is 12.1 Å². The van der Waals surface area contributed by atoms with Gasteiger partial charge in [-0.15, -0.1) is 0 Å². The van der Waals surface area contributed by atoms with E-state index in [4.69, 9.17) is 9.15 Å². The molecule has 7 heteroatoms. The Morgan fingerprint density at radius 2 is 2.09 bits per heavy atom. The van der Waals surface area contributed by atoms with Crippen molar-refractivity contribution in [2.24, 2.45) is 0 Å². The van der Waals surface area contributed by atoms with E-state index >= 15 is 0 Å². The summed E-state index contributed by atoms with van der Waals surface area (Å²) >= 11 is 0. The molecule has 0 radical (unpaired) electrons. The summed E-state index contributed by atoms with van der Waals surface area (Å²) in [5.41, 5.74) is 1.11. The number of rotatable bonds is 7. The molecule has 0 bridgehead atoms. The maximum atomic E-state index is 13.2. The summed E-state index contributed by atoms with van der Waals surface area (Å²) in [6, 6.07) is 4.32. The molecule has 23 heavy (non-hydrogen) atoms. The van der Waals surface area contributed by atoms with E-state index in [2.05, 4.69) is 14.8 Å². The third-order valence-corrected chi connectivity index (χ3v) is 4.01. The smallest absolute Gasteiger partial charge is 0.209 e. The van der Waals surface area contributed by atoms with E-state index < -0.39 is 0 Å². The number of aliphatic hydroxyl groups is 1. The quantitative estimate of drug-likeness (QED) is 0.823. The molecule has 1 aromatic heterocycles. The van der Waals surface area contributed by atoms with Crippen molar-refractivity contribution in [2.75, 3.05) is 52.5 Å². The number of halogens is 1. The summed E-state index contributed by atoms with van der Waals surface area (Å²) in [4.78, 5) is 8.76. The van der Waals surface area contributed by atoms with Crippen LogP contribution in [0.2, 0.25) is 0 Å². The number of fused-ring (bicyclic) bond motifs is 1. The van der Waals surface area contributed by atoms with Crippen LogP contribution in [0, 0.1) is 5.82 Å². The fourth-order valence-corrected chi connectivity index (χ4v) is 2.73. The molecule has 0 atom stereocenters. The van der Waals surface area contributed by atoms with E-state index in [-0.39, 0.29) is 12.4 Å². The number of benzene rings is 1. The van der Waals surface area contributed by atoms with Gasteiger partial charge in [0.25, 0.3) is 0 Å². The predicted octanol–water partition coefficient (Wildman–Crippen LogP) is 1.09. The normalized spacial score (nSPS) is 16.5. The maximum Gasteiger partial charge on any atom is 0.209 e. The second-order valence-electron chi connectivity index (χ2n) is 5.67. The van der Waals surface area contributed by atoms with Gasteiger partial charge in [-0.1, -0.05) is 0 Å². The molecular formula is C16H22FN3O3. The van der Waals surface area contributed by atoms with E-state index in [1.807, 2.05) is 0 Å².